The number of aliphatic carboxylic acids is 1. The fraction of sp³-hybridized carbons (Fsp3) is 0.167. The van der Waals surface area contributed by atoms with E-state index in [9.17, 15) is 19.5 Å². The lowest BCUT2D eigenvalue weighted by atomic mass is 10.1. The number of phenols is 1. The van der Waals surface area contributed by atoms with Crippen molar-refractivity contribution in [3.8, 4) is 5.75 Å². The number of hydrogen-bond donors (Lipinski definition) is 5. The molecule has 0 heterocycles. The Hall–Kier alpha value is -2.81. The van der Waals surface area contributed by atoms with Gasteiger partial charge in [-0.3, -0.25) is 9.59 Å². The van der Waals surface area contributed by atoms with E-state index in [4.69, 9.17) is 34.0 Å². The monoisotopic (exact) mass is 425 g/mol. The molecule has 0 aliphatic heterocycles. The first kappa shape index (κ1) is 21.5. The van der Waals surface area contributed by atoms with Crippen molar-refractivity contribution in [2.24, 2.45) is 5.73 Å². The number of carboxylic acid groups (broad SMARTS) is 1. The second-order valence-corrected chi connectivity index (χ2v) is 6.58. The summed E-state index contributed by atoms with van der Waals surface area (Å²) in [5, 5.41) is 23.0. The lowest BCUT2D eigenvalue weighted by Gasteiger charge is -2.14. The standard InChI is InChI=1S/C18H17Cl2N3O5/c19-12-5-10(16(25)22-8-9-2-1-3-11(24)4-9)6-13(20)15(12)17(26)23-14(7-21)18(27)28/h1-6,14,24H,7-8,21H2,(H,22,25)(H,23,26)(H,27,28)/t14-/m0/s1. The number of nitrogens with two attached hydrogens (primary N) is 1. The zero-order chi connectivity index (χ0) is 20.8. The average Bonchev–Trinajstić information content (AvgIpc) is 2.63. The third kappa shape index (κ3) is 5.35. The minimum atomic E-state index is -1.30. The Labute approximate surface area is 170 Å². The minimum Gasteiger partial charge on any atom is -0.508 e. The molecule has 0 fully saturated rings. The van der Waals surface area contributed by atoms with Gasteiger partial charge in [0.1, 0.15) is 11.8 Å². The highest BCUT2D eigenvalue weighted by Gasteiger charge is 2.23. The van der Waals surface area contributed by atoms with Crippen LogP contribution in [0.3, 0.4) is 0 Å². The van der Waals surface area contributed by atoms with E-state index in [0.717, 1.165) is 0 Å². The lowest BCUT2D eigenvalue weighted by molar-refractivity contribution is -0.138. The van der Waals surface area contributed by atoms with Gasteiger partial charge in [-0.05, 0) is 29.8 Å². The van der Waals surface area contributed by atoms with Crippen LogP contribution in [0.5, 0.6) is 5.75 Å². The second kappa shape index (κ2) is 9.41. The van der Waals surface area contributed by atoms with E-state index in [1.54, 1.807) is 12.1 Å². The molecule has 0 radical (unpaired) electrons. The Kier molecular flexibility index (Phi) is 7.22. The Morgan fingerprint density at radius 3 is 2.25 bits per heavy atom. The van der Waals surface area contributed by atoms with Gasteiger partial charge in [0.25, 0.3) is 11.8 Å². The highest BCUT2D eigenvalue weighted by Crippen LogP contribution is 2.27. The quantitative estimate of drug-likeness (QED) is 0.457. The van der Waals surface area contributed by atoms with Crippen molar-refractivity contribution in [1.82, 2.24) is 10.6 Å². The van der Waals surface area contributed by atoms with Crippen LogP contribution in [0.1, 0.15) is 26.3 Å². The zero-order valence-corrected chi connectivity index (χ0v) is 15.9. The number of benzene rings is 2. The molecule has 6 N–H and O–H groups in total. The number of aromatic hydroxyl groups is 1. The van der Waals surface area contributed by atoms with Gasteiger partial charge in [0.15, 0.2) is 0 Å². The molecule has 0 bridgehead atoms. The summed E-state index contributed by atoms with van der Waals surface area (Å²) in [4.78, 5) is 35.6. The second-order valence-electron chi connectivity index (χ2n) is 5.77. The van der Waals surface area contributed by atoms with Gasteiger partial charge in [-0.15, -0.1) is 0 Å². The largest absolute Gasteiger partial charge is 0.508 e. The number of amides is 2. The molecule has 148 valence electrons. The molecule has 0 saturated heterocycles. The summed E-state index contributed by atoms with van der Waals surface area (Å²) in [6.45, 7) is -0.159. The van der Waals surface area contributed by atoms with Gasteiger partial charge in [-0.1, -0.05) is 35.3 Å². The SMILES string of the molecule is NC[C@H](NC(=O)c1c(Cl)cc(C(=O)NCc2cccc(O)c2)cc1Cl)C(=O)O. The number of hydrogen-bond acceptors (Lipinski definition) is 5. The number of carboxylic acids is 1. The lowest BCUT2D eigenvalue weighted by Crippen LogP contribution is -2.45. The molecule has 8 nitrogen and oxygen atoms in total. The van der Waals surface area contributed by atoms with Crippen LogP contribution >= 0.6 is 23.2 Å². The van der Waals surface area contributed by atoms with Crippen LogP contribution in [0.2, 0.25) is 10.0 Å². The van der Waals surface area contributed by atoms with E-state index in [0.29, 0.717) is 5.56 Å². The van der Waals surface area contributed by atoms with Crippen molar-refractivity contribution >= 4 is 41.0 Å². The summed E-state index contributed by atoms with van der Waals surface area (Å²) in [5.41, 5.74) is 5.94. The summed E-state index contributed by atoms with van der Waals surface area (Å²) >= 11 is 12.2. The van der Waals surface area contributed by atoms with Crippen molar-refractivity contribution in [2.75, 3.05) is 6.54 Å². The summed E-state index contributed by atoms with van der Waals surface area (Å²) in [5.74, 6) is -2.54. The van der Waals surface area contributed by atoms with E-state index in [1.807, 2.05) is 0 Å². The van der Waals surface area contributed by atoms with Gasteiger partial charge < -0.3 is 26.6 Å². The minimum absolute atomic E-state index is 0.0744. The van der Waals surface area contributed by atoms with Crippen LogP contribution in [0, 0.1) is 0 Å². The Morgan fingerprint density at radius 1 is 1.07 bits per heavy atom. The third-order valence-corrected chi connectivity index (χ3v) is 4.33. The van der Waals surface area contributed by atoms with Gasteiger partial charge in [-0.25, -0.2) is 4.79 Å². The van der Waals surface area contributed by atoms with E-state index in [2.05, 4.69) is 10.6 Å². The van der Waals surface area contributed by atoms with Crippen LogP contribution in [-0.4, -0.2) is 40.6 Å². The molecule has 1 atom stereocenters. The highest BCUT2D eigenvalue weighted by molar-refractivity contribution is 6.40. The molecule has 0 aliphatic carbocycles. The van der Waals surface area contributed by atoms with Crippen molar-refractivity contribution in [1.29, 1.82) is 0 Å². The molecular weight excluding hydrogens is 409 g/mol. The summed E-state index contributed by atoms with van der Waals surface area (Å²) in [6.07, 6.45) is 0. The number of carbonyl (C=O) groups excluding carboxylic acids is 2. The van der Waals surface area contributed by atoms with Gasteiger partial charge >= 0.3 is 5.97 Å². The van der Waals surface area contributed by atoms with Crippen molar-refractivity contribution in [3.05, 3.63) is 63.1 Å². The van der Waals surface area contributed by atoms with Crippen LogP contribution in [0.15, 0.2) is 36.4 Å². The first-order chi connectivity index (χ1) is 13.2. The zero-order valence-electron chi connectivity index (χ0n) is 14.4. The van der Waals surface area contributed by atoms with Crippen molar-refractivity contribution in [3.63, 3.8) is 0 Å². The maximum Gasteiger partial charge on any atom is 0.327 e. The number of halogens is 2. The highest BCUT2D eigenvalue weighted by atomic mass is 35.5. The Bertz CT molecular complexity index is 897. The molecule has 2 rings (SSSR count). The molecule has 0 spiro atoms. The first-order valence-corrected chi connectivity index (χ1v) is 8.77. The first-order valence-electron chi connectivity index (χ1n) is 8.01. The van der Waals surface area contributed by atoms with Crippen molar-refractivity contribution in [2.45, 2.75) is 12.6 Å². The van der Waals surface area contributed by atoms with E-state index in [-0.39, 0.29) is 40.0 Å². The molecule has 0 aromatic heterocycles. The van der Waals surface area contributed by atoms with Crippen molar-refractivity contribution < 1.29 is 24.6 Å². The molecule has 2 amide bonds. The van der Waals surface area contributed by atoms with Crippen LogP contribution in [0.4, 0.5) is 0 Å². The van der Waals surface area contributed by atoms with Gasteiger partial charge in [0, 0.05) is 18.7 Å². The molecule has 2 aromatic carbocycles. The van der Waals surface area contributed by atoms with E-state index >= 15 is 0 Å². The number of phenolic OH excluding ortho intramolecular Hbond substituents is 1. The number of nitrogens with one attached hydrogen (secondary N) is 2. The van der Waals surface area contributed by atoms with E-state index in [1.165, 1.54) is 24.3 Å². The summed E-state index contributed by atoms with van der Waals surface area (Å²) in [6, 6.07) is 7.58. The van der Waals surface area contributed by atoms with E-state index < -0.39 is 23.8 Å². The molecule has 28 heavy (non-hydrogen) atoms. The van der Waals surface area contributed by atoms with Crippen LogP contribution < -0.4 is 16.4 Å². The molecule has 0 unspecified atom stereocenters. The predicted molar refractivity (Wildman–Crippen MR) is 104 cm³/mol. The molecule has 0 saturated carbocycles. The fourth-order valence-electron chi connectivity index (χ4n) is 2.32. The van der Waals surface area contributed by atoms with Crippen LogP contribution in [-0.2, 0) is 11.3 Å². The summed E-state index contributed by atoms with van der Waals surface area (Å²) < 4.78 is 0. The van der Waals surface area contributed by atoms with Crippen LogP contribution in [0.25, 0.3) is 0 Å². The number of rotatable bonds is 7. The molecule has 0 aliphatic rings. The molecule has 2 aromatic rings. The van der Waals surface area contributed by atoms with Gasteiger partial charge in [-0.2, -0.15) is 0 Å². The maximum absolute atomic E-state index is 12.3. The third-order valence-electron chi connectivity index (χ3n) is 3.73. The average molecular weight is 426 g/mol. The predicted octanol–water partition coefficient (Wildman–Crippen LogP) is 1.77. The molecule has 10 heteroatoms. The topological polar surface area (TPSA) is 142 Å². The summed E-state index contributed by atoms with van der Waals surface area (Å²) in [7, 11) is 0. The maximum atomic E-state index is 12.3. The van der Waals surface area contributed by atoms with Gasteiger partial charge in [0.2, 0.25) is 0 Å². The normalized spacial score (nSPS) is 11.5. The molecular formula is C18H17Cl2N3O5. The smallest absolute Gasteiger partial charge is 0.327 e. The Balaban J connectivity index is 2.14. The number of carbonyl (C=O) groups is 3. The Morgan fingerprint density at radius 2 is 1.71 bits per heavy atom. The van der Waals surface area contributed by atoms with Gasteiger partial charge in [0.05, 0.1) is 15.6 Å². The fourth-order valence-corrected chi connectivity index (χ4v) is 2.98.